The first-order valence-electron chi connectivity index (χ1n) is 2.51. The Morgan fingerprint density at radius 1 is 1.62 bits per heavy atom. The summed E-state index contributed by atoms with van der Waals surface area (Å²) in [7, 11) is 0. The van der Waals surface area contributed by atoms with Gasteiger partial charge in [0.1, 0.15) is 0 Å². The number of carbonyl (C=O) groups is 1. The van der Waals surface area contributed by atoms with Crippen LogP contribution in [0.25, 0.3) is 0 Å². The van der Waals surface area contributed by atoms with Crippen LogP contribution in [0, 0.1) is 5.92 Å². The summed E-state index contributed by atoms with van der Waals surface area (Å²) in [6.07, 6.45) is 2.65. The van der Waals surface area contributed by atoms with Gasteiger partial charge in [0, 0.05) is 6.42 Å². The van der Waals surface area contributed by atoms with Gasteiger partial charge in [0.15, 0.2) is 0 Å². The Labute approximate surface area is 70.6 Å². The fourth-order valence-corrected chi connectivity index (χ4v) is 0.569. The van der Waals surface area contributed by atoms with E-state index in [1.807, 2.05) is 0 Å². The van der Waals surface area contributed by atoms with Crippen LogP contribution in [0.5, 0.6) is 0 Å². The van der Waals surface area contributed by atoms with Crippen molar-refractivity contribution in [1.82, 2.24) is 0 Å². The van der Waals surface area contributed by atoms with E-state index < -0.39 is 5.97 Å². The van der Waals surface area contributed by atoms with Gasteiger partial charge in [-0.05, 0) is 18.8 Å². The van der Waals surface area contributed by atoms with Crippen molar-refractivity contribution in [3.8, 4) is 0 Å². The average molecular weight is 124 g/mol. The molecule has 1 aliphatic carbocycles. The molecule has 0 radical (unpaired) electrons. The standard InChI is InChI=1S/C5H8O2.Na.H/c6-5(7)3-4-1-2-4;;/h4H,1-3H2,(H,6,7);;. The van der Waals surface area contributed by atoms with E-state index in [0.717, 1.165) is 12.8 Å². The molecule has 0 aromatic rings. The predicted molar refractivity (Wildman–Crippen MR) is 32.1 cm³/mol. The molecule has 0 atom stereocenters. The summed E-state index contributed by atoms with van der Waals surface area (Å²) >= 11 is 0. The van der Waals surface area contributed by atoms with Crippen LogP contribution in [0.3, 0.4) is 0 Å². The van der Waals surface area contributed by atoms with E-state index in [2.05, 4.69) is 0 Å². The molecule has 0 aromatic heterocycles. The molecule has 0 saturated heterocycles. The Hall–Kier alpha value is 0.470. The SMILES string of the molecule is O=C(O)CC1CC1.[NaH]. The first kappa shape index (κ1) is 8.47. The number of aliphatic carboxylic acids is 1. The molecule has 1 rings (SSSR count). The van der Waals surface area contributed by atoms with Gasteiger partial charge in [0.05, 0.1) is 0 Å². The minimum absolute atomic E-state index is 0. The third-order valence-corrected chi connectivity index (χ3v) is 1.16. The molecule has 0 aromatic carbocycles. The molecule has 1 aliphatic rings. The number of carboxylic acids is 1. The minimum atomic E-state index is -0.650. The summed E-state index contributed by atoms with van der Waals surface area (Å²) in [5.41, 5.74) is 0. The zero-order valence-corrected chi connectivity index (χ0v) is 4.05. The maximum atomic E-state index is 9.85. The van der Waals surface area contributed by atoms with E-state index in [9.17, 15) is 4.79 Å². The predicted octanol–water partition coefficient (Wildman–Crippen LogP) is 0.223. The van der Waals surface area contributed by atoms with Crippen LogP contribution in [0.1, 0.15) is 19.3 Å². The van der Waals surface area contributed by atoms with Crippen LogP contribution in [-0.2, 0) is 4.79 Å². The van der Waals surface area contributed by atoms with Gasteiger partial charge in [-0.3, -0.25) is 4.79 Å². The Balaban J connectivity index is 0.000000490. The Morgan fingerprint density at radius 3 is 2.25 bits per heavy atom. The molecular weight excluding hydrogens is 115 g/mol. The maximum absolute atomic E-state index is 9.85. The van der Waals surface area contributed by atoms with E-state index in [4.69, 9.17) is 5.11 Å². The third kappa shape index (κ3) is 3.47. The Morgan fingerprint density at radius 2 is 2.12 bits per heavy atom. The quantitative estimate of drug-likeness (QED) is 0.535. The molecule has 42 valence electrons. The van der Waals surface area contributed by atoms with Crippen molar-refractivity contribution in [3.63, 3.8) is 0 Å². The van der Waals surface area contributed by atoms with Crippen molar-refractivity contribution in [2.75, 3.05) is 0 Å². The van der Waals surface area contributed by atoms with Crippen LogP contribution in [0.2, 0.25) is 0 Å². The summed E-state index contributed by atoms with van der Waals surface area (Å²) in [6, 6.07) is 0. The van der Waals surface area contributed by atoms with Crippen molar-refractivity contribution in [2.24, 2.45) is 5.92 Å². The van der Waals surface area contributed by atoms with Gasteiger partial charge in [-0.1, -0.05) is 0 Å². The van der Waals surface area contributed by atoms with Crippen LogP contribution in [0.4, 0.5) is 0 Å². The third-order valence-electron chi connectivity index (χ3n) is 1.16. The molecule has 3 heteroatoms. The molecule has 1 saturated carbocycles. The van der Waals surface area contributed by atoms with Gasteiger partial charge in [0.25, 0.3) is 0 Å². The number of carboxylic acid groups (broad SMARTS) is 1. The van der Waals surface area contributed by atoms with Gasteiger partial charge >= 0.3 is 35.5 Å². The van der Waals surface area contributed by atoms with Gasteiger partial charge in [0.2, 0.25) is 0 Å². The molecular formula is C5H9NaO2. The monoisotopic (exact) mass is 124 g/mol. The second-order valence-electron chi connectivity index (χ2n) is 2.04. The van der Waals surface area contributed by atoms with Crippen molar-refractivity contribution in [3.05, 3.63) is 0 Å². The summed E-state index contributed by atoms with van der Waals surface area (Å²) < 4.78 is 0. The number of hydrogen-bond acceptors (Lipinski definition) is 1. The molecule has 2 nitrogen and oxygen atoms in total. The van der Waals surface area contributed by atoms with Gasteiger partial charge in [-0.2, -0.15) is 0 Å². The molecule has 0 bridgehead atoms. The molecule has 0 spiro atoms. The zero-order chi connectivity index (χ0) is 5.28. The molecule has 0 unspecified atom stereocenters. The van der Waals surface area contributed by atoms with E-state index in [1.165, 1.54) is 0 Å². The van der Waals surface area contributed by atoms with Crippen molar-refractivity contribution in [1.29, 1.82) is 0 Å². The van der Waals surface area contributed by atoms with Gasteiger partial charge in [-0.25, -0.2) is 0 Å². The van der Waals surface area contributed by atoms with Crippen LogP contribution in [0.15, 0.2) is 0 Å². The van der Waals surface area contributed by atoms with Gasteiger partial charge < -0.3 is 5.11 Å². The molecule has 1 fully saturated rings. The topological polar surface area (TPSA) is 37.3 Å². The Bertz CT molecular complexity index is 88.4. The molecule has 8 heavy (non-hydrogen) atoms. The van der Waals surface area contributed by atoms with E-state index in [1.54, 1.807) is 0 Å². The summed E-state index contributed by atoms with van der Waals surface area (Å²) in [5, 5.41) is 8.12. The summed E-state index contributed by atoms with van der Waals surface area (Å²) in [6.45, 7) is 0. The fraction of sp³-hybridized carbons (Fsp3) is 0.800. The van der Waals surface area contributed by atoms with Crippen LogP contribution < -0.4 is 0 Å². The second-order valence-corrected chi connectivity index (χ2v) is 2.04. The first-order chi connectivity index (χ1) is 3.29. The summed E-state index contributed by atoms with van der Waals surface area (Å²) in [4.78, 5) is 9.85. The van der Waals surface area contributed by atoms with Gasteiger partial charge in [-0.15, -0.1) is 0 Å². The molecule has 0 amide bonds. The number of rotatable bonds is 2. The summed E-state index contributed by atoms with van der Waals surface area (Å²) in [5.74, 6) is -0.125. The normalized spacial score (nSPS) is 17.0. The van der Waals surface area contributed by atoms with Crippen LogP contribution >= 0.6 is 0 Å². The van der Waals surface area contributed by atoms with Crippen molar-refractivity contribution >= 4 is 35.5 Å². The average Bonchev–Trinajstić information content (AvgIpc) is 2.17. The second kappa shape index (κ2) is 3.49. The molecule has 0 heterocycles. The first-order valence-corrected chi connectivity index (χ1v) is 2.51. The van der Waals surface area contributed by atoms with Crippen molar-refractivity contribution < 1.29 is 9.90 Å². The van der Waals surface area contributed by atoms with E-state index >= 15 is 0 Å². The van der Waals surface area contributed by atoms with E-state index in [0.29, 0.717) is 12.3 Å². The number of hydrogen-bond donors (Lipinski definition) is 1. The fourth-order valence-electron chi connectivity index (χ4n) is 0.569. The van der Waals surface area contributed by atoms with E-state index in [-0.39, 0.29) is 29.6 Å². The molecule has 0 aliphatic heterocycles. The zero-order valence-electron chi connectivity index (χ0n) is 4.05. The van der Waals surface area contributed by atoms with Crippen molar-refractivity contribution in [2.45, 2.75) is 19.3 Å². The molecule has 1 N–H and O–H groups in total. The Kier molecular flexibility index (Phi) is 3.69. The van der Waals surface area contributed by atoms with Crippen LogP contribution in [-0.4, -0.2) is 40.6 Å².